The molecule has 0 amide bonds. The molecule has 0 aliphatic carbocycles. The molecule has 0 unspecified atom stereocenters. The number of nitrogens with zero attached hydrogens (tertiary/aromatic N) is 1. The predicted octanol–water partition coefficient (Wildman–Crippen LogP) is 7.87. The highest BCUT2D eigenvalue weighted by atomic mass is 16.5. The van der Waals surface area contributed by atoms with Gasteiger partial charge >= 0.3 is 0 Å². The van der Waals surface area contributed by atoms with Gasteiger partial charge in [0.2, 0.25) is 5.89 Å². The van der Waals surface area contributed by atoms with Crippen LogP contribution in [0, 0.1) is 13.8 Å². The summed E-state index contributed by atoms with van der Waals surface area (Å²) >= 11 is 0. The highest BCUT2D eigenvalue weighted by Gasteiger charge is 2.18. The van der Waals surface area contributed by atoms with Gasteiger partial charge in [0.05, 0.1) is 0 Å². The highest BCUT2D eigenvalue weighted by Crippen LogP contribution is 2.36. The molecule has 5 aromatic rings. The summed E-state index contributed by atoms with van der Waals surface area (Å²) in [7, 11) is 0. The first kappa shape index (κ1) is 20.8. The molecule has 0 radical (unpaired) electrons. The maximum atomic E-state index is 6.33. The molecule has 0 N–H and O–H groups in total. The molecule has 0 saturated carbocycles. The minimum Gasteiger partial charge on any atom is -0.489 e. The summed E-state index contributed by atoms with van der Waals surface area (Å²) in [4.78, 5) is 4.89. The molecule has 3 heteroatoms. The van der Waals surface area contributed by atoms with Crippen molar-refractivity contribution in [2.75, 3.05) is 0 Å². The van der Waals surface area contributed by atoms with Crippen molar-refractivity contribution >= 4 is 0 Å². The lowest BCUT2D eigenvalue weighted by molar-refractivity contribution is 0.306. The average molecular weight is 432 g/mol. The number of ether oxygens (including phenoxy) is 1. The van der Waals surface area contributed by atoms with E-state index >= 15 is 0 Å². The molecule has 0 aliphatic heterocycles. The van der Waals surface area contributed by atoms with E-state index in [9.17, 15) is 0 Å². The monoisotopic (exact) mass is 431 g/mol. The SMILES string of the molecule is Cc1ccc(-c2nc(-c3ccc(OCc4ccccc4)cc3)oc2-c2ccc(C)cc2)cc1. The van der Waals surface area contributed by atoms with Crippen LogP contribution < -0.4 is 4.74 Å². The molecule has 33 heavy (non-hydrogen) atoms. The van der Waals surface area contributed by atoms with Crippen LogP contribution in [0.1, 0.15) is 16.7 Å². The zero-order valence-corrected chi connectivity index (χ0v) is 18.8. The average Bonchev–Trinajstić information content (AvgIpc) is 3.30. The fourth-order valence-electron chi connectivity index (χ4n) is 3.69. The molecule has 1 heterocycles. The Morgan fingerprint density at radius 2 is 1.21 bits per heavy atom. The lowest BCUT2D eigenvalue weighted by atomic mass is 10.0. The van der Waals surface area contributed by atoms with Crippen LogP contribution >= 0.6 is 0 Å². The van der Waals surface area contributed by atoms with Gasteiger partial charge in [-0.3, -0.25) is 0 Å². The van der Waals surface area contributed by atoms with E-state index in [1.807, 2.05) is 42.5 Å². The predicted molar refractivity (Wildman–Crippen MR) is 133 cm³/mol. The van der Waals surface area contributed by atoms with Crippen molar-refractivity contribution in [3.63, 3.8) is 0 Å². The molecule has 3 nitrogen and oxygen atoms in total. The molecule has 0 saturated heterocycles. The number of hydrogen-bond acceptors (Lipinski definition) is 3. The quantitative estimate of drug-likeness (QED) is 0.274. The van der Waals surface area contributed by atoms with Crippen LogP contribution in [0.15, 0.2) is 108 Å². The summed E-state index contributed by atoms with van der Waals surface area (Å²) in [6.07, 6.45) is 0. The second-order valence-corrected chi connectivity index (χ2v) is 8.23. The van der Waals surface area contributed by atoms with Crippen molar-refractivity contribution in [1.82, 2.24) is 4.98 Å². The number of benzene rings is 4. The second-order valence-electron chi connectivity index (χ2n) is 8.23. The Morgan fingerprint density at radius 1 is 0.636 bits per heavy atom. The van der Waals surface area contributed by atoms with Gasteiger partial charge in [-0.05, 0) is 43.7 Å². The number of aryl methyl sites for hydroxylation is 2. The Hall–Kier alpha value is -4.11. The third kappa shape index (κ3) is 4.73. The largest absolute Gasteiger partial charge is 0.489 e. The van der Waals surface area contributed by atoms with E-state index in [0.717, 1.165) is 39.5 Å². The van der Waals surface area contributed by atoms with E-state index in [1.54, 1.807) is 0 Å². The lowest BCUT2D eigenvalue weighted by Gasteiger charge is -2.06. The van der Waals surface area contributed by atoms with Crippen LogP contribution in [0.25, 0.3) is 34.0 Å². The molecule has 0 atom stereocenters. The molecule has 0 bridgehead atoms. The fourth-order valence-corrected chi connectivity index (χ4v) is 3.69. The summed E-state index contributed by atoms with van der Waals surface area (Å²) in [5.74, 6) is 2.18. The van der Waals surface area contributed by atoms with Crippen molar-refractivity contribution in [2.45, 2.75) is 20.5 Å². The van der Waals surface area contributed by atoms with E-state index in [-0.39, 0.29) is 0 Å². The van der Waals surface area contributed by atoms with Crippen LogP contribution in [0.5, 0.6) is 5.75 Å². The minimum atomic E-state index is 0.536. The standard InChI is InChI=1S/C30H25NO2/c1-21-8-12-24(13-9-21)28-29(25-14-10-22(2)11-15-25)33-30(31-28)26-16-18-27(19-17-26)32-20-23-6-4-3-5-7-23/h3-19H,20H2,1-2H3. The first-order valence-corrected chi connectivity index (χ1v) is 11.1. The summed E-state index contributed by atoms with van der Waals surface area (Å²) in [5.41, 5.74) is 7.37. The number of hydrogen-bond donors (Lipinski definition) is 0. The number of oxazole rings is 1. The van der Waals surface area contributed by atoms with E-state index in [2.05, 4.69) is 74.5 Å². The van der Waals surface area contributed by atoms with E-state index < -0.39 is 0 Å². The Morgan fingerprint density at radius 3 is 1.85 bits per heavy atom. The number of aromatic nitrogens is 1. The smallest absolute Gasteiger partial charge is 0.227 e. The Labute approximate surface area is 194 Å². The zero-order chi connectivity index (χ0) is 22.6. The van der Waals surface area contributed by atoms with Gasteiger partial charge in [0.25, 0.3) is 0 Å². The summed E-state index contributed by atoms with van der Waals surface area (Å²) in [5, 5.41) is 0. The maximum Gasteiger partial charge on any atom is 0.227 e. The van der Waals surface area contributed by atoms with Gasteiger partial charge in [-0.25, -0.2) is 4.98 Å². The molecule has 5 rings (SSSR count). The van der Waals surface area contributed by atoms with Gasteiger partial charge in [-0.1, -0.05) is 90.0 Å². The van der Waals surface area contributed by atoms with Crippen LogP contribution in [0.4, 0.5) is 0 Å². The van der Waals surface area contributed by atoms with Crippen LogP contribution in [0.3, 0.4) is 0 Å². The molecular weight excluding hydrogens is 406 g/mol. The second kappa shape index (κ2) is 9.17. The van der Waals surface area contributed by atoms with Gasteiger partial charge < -0.3 is 9.15 Å². The zero-order valence-electron chi connectivity index (χ0n) is 18.8. The van der Waals surface area contributed by atoms with Crippen LogP contribution in [0.2, 0.25) is 0 Å². The first-order valence-electron chi connectivity index (χ1n) is 11.1. The van der Waals surface area contributed by atoms with Gasteiger partial charge in [-0.2, -0.15) is 0 Å². The molecular formula is C30H25NO2. The third-order valence-electron chi connectivity index (χ3n) is 5.62. The Balaban J connectivity index is 1.46. The maximum absolute atomic E-state index is 6.33. The highest BCUT2D eigenvalue weighted by molar-refractivity contribution is 5.79. The summed E-state index contributed by atoms with van der Waals surface area (Å²) in [6, 6.07) is 34.8. The Kier molecular flexibility index (Phi) is 5.77. The fraction of sp³-hybridized carbons (Fsp3) is 0.100. The molecule has 0 aliphatic rings. The molecule has 0 spiro atoms. The van der Waals surface area contributed by atoms with Crippen molar-refractivity contribution < 1.29 is 9.15 Å². The molecule has 162 valence electrons. The van der Waals surface area contributed by atoms with Crippen LogP contribution in [-0.4, -0.2) is 4.98 Å². The van der Waals surface area contributed by atoms with Gasteiger partial charge in [0.1, 0.15) is 18.1 Å². The van der Waals surface area contributed by atoms with E-state index in [0.29, 0.717) is 12.5 Å². The van der Waals surface area contributed by atoms with Gasteiger partial charge in [-0.15, -0.1) is 0 Å². The number of rotatable bonds is 6. The van der Waals surface area contributed by atoms with Crippen molar-refractivity contribution in [3.8, 4) is 39.8 Å². The third-order valence-corrected chi connectivity index (χ3v) is 5.62. The Bertz CT molecular complexity index is 1270. The summed E-state index contributed by atoms with van der Waals surface area (Å²) in [6.45, 7) is 4.70. The van der Waals surface area contributed by atoms with Crippen LogP contribution in [-0.2, 0) is 6.61 Å². The van der Waals surface area contributed by atoms with E-state index in [1.165, 1.54) is 11.1 Å². The van der Waals surface area contributed by atoms with E-state index in [4.69, 9.17) is 14.1 Å². The van der Waals surface area contributed by atoms with Gasteiger partial charge in [0.15, 0.2) is 5.76 Å². The summed E-state index contributed by atoms with van der Waals surface area (Å²) < 4.78 is 12.3. The minimum absolute atomic E-state index is 0.536. The molecule has 0 fully saturated rings. The van der Waals surface area contributed by atoms with Crippen molar-refractivity contribution in [2.24, 2.45) is 0 Å². The normalized spacial score (nSPS) is 10.8. The lowest BCUT2D eigenvalue weighted by Crippen LogP contribution is -1.94. The first-order chi connectivity index (χ1) is 16.2. The van der Waals surface area contributed by atoms with Crippen molar-refractivity contribution in [1.29, 1.82) is 0 Å². The molecule has 4 aromatic carbocycles. The molecule has 1 aromatic heterocycles. The van der Waals surface area contributed by atoms with Gasteiger partial charge in [0, 0.05) is 16.7 Å². The topological polar surface area (TPSA) is 35.3 Å². The van der Waals surface area contributed by atoms with Crippen molar-refractivity contribution in [3.05, 3.63) is 120 Å².